The standard InChI is InChI=1S/C17H36N2/c1-3-5-7-9-11-13-15-19(17-18)16-14-12-10-8-6-4-2/h17-18H,3-16H2,1-2H3. The van der Waals surface area contributed by atoms with E-state index in [1.54, 1.807) is 0 Å². The molecule has 0 aliphatic heterocycles. The topological polar surface area (TPSA) is 27.1 Å². The second kappa shape index (κ2) is 15.5. The van der Waals surface area contributed by atoms with Gasteiger partial charge < -0.3 is 4.90 Å². The number of hydrogen-bond donors (Lipinski definition) is 1. The zero-order chi connectivity index (χ0) is 14.2. The smallest absolute Gasteiger partial charge is 0.0817 e. The van der Waals surface area contributed by atoms with E-state index < -0.39 is 0 Å². The molecule has 19 heavy (non-hydrogen) atoms. The molecule has 0 unspecified atom stereocenters. The van der Waals surface area contributed by atoms with Crippen LogP contribution in [0, 0.1) is 5.41 Å². The van der Waals surface area contributed by atoms with Gasteiger partial charge in [-0.3, -0.25) is 5.41 Å². The molecule has 0 aromatic rings. The summed E-state index contributed by atoms with van der Waals surface area (Å²) < 4.78 is 0. The Morgan fingerprint density at radius 3 is 1.37 bits per heavy atom. The summed E-state index contributed by atoms with van der Waals surface area (Å²) in [6.07, 6.45) is 17.7. The molecule has 2 nitrogen and oxygen atoms in total. The number of nitrogens with one attached hydrogen (secondary N) is 1. The second-order valence-corrected chi connectivity index (χ2v) is 5.70. The van der Waals surface area contributed by atoms with E-state index in [2.05, 4.69) is 18.7 Å². The van der Waals surface area contributed by atoms with Crippen LogP contribution in [0.1, 0.15) is 90.9 Å². The highest BCUT2D eigenvalue weighted by atomic mass is 15.1. The molecule has 0 aromatic carbocycles. The minimum Gasteiger partial charge on any atom is -0.363 e. The van der Waals surface area contributed by atoms with Crippen LogP contribution >= 0.6 is 0 Å². The summed E-state index contributed by atoms with van der Waals surface area (Å²) in [7, 11) is 0. The van der Waals surface area contributed by atoms with Crippen molar-refractivity contribution in [3.8, 4) is 0 Å². The van der Waals surface area contributed by atoms with E-state index in [4.69, 9.17) is 5.41 Å². The number of unbranched alkanes of at least 4 members (excludes halogenated alkanes) is 10. The maximum Gasteiger partial charge on any atom is 0.0817 e. The molecule has 114 valence electrons. The zero-order valence-corrected chi connectivity index (χ0v) is 13.4. The first-order valence-electron chi connectivity index (χ1n) is 8.59. The Morgan fingerprint density at radius 1 is 0.632 bits per heavy atom. The van der Waals surface area contributed by atoms with Crippen molar-refractivity contribution in [1.29, 1.82) is 5.41 Å². The number of nitrogens with zero attached hydrogens (tertiary/aromatic N) is 1. The van der Waals surface area contributed by atoms with Gasteiger partial charge >= 0.3 is 0 Å². The van der Waals surface area contributed by atoms with Gasteiger partial charge in [0.1, 0.15) is 0 Å². The largest absolute Gasteiger partial charge is 0.363 e. The molecule has 0 aliphatic rings. The third kappa shape index (κ3) is 13.7. The monoisotopic (exact) mass is 268 g/mol. The fourth-order valence-corrected chi connectivity index (χ4v) is 2.43. The summed E-state index contributed by atoms with van der Waals surface area (Å²) in [6.45, 7) is 6.70. The summed E-state index contributed by atoms with van der Waals surface area (Å²) in [4.78, 5) is 2.19. The third-order valence-electron chi connectivity index (χ3n) is 3.78. The van der Waals surface area contributed by atoms with Crippen molar-refractivity contribution in [2.45, 2.75) is 90.9 Å². The third-order valence-corrected chi connectivity index (χ3v) is 3.78. The number of rotatable bonds is 15. The van der Waals surface area contributed by atoms with Gasteiger partial charge in [0, 0.05) is 13.1 Å². The second-order valence-electron chi connectivity index (χ2n) is 5.70. The van der Waals surface area contributed by atoms with Gasteiger partial charge in [0.15, 0.2) is 0 Å². The highest BCUT2D eigenvalue weighted by Gasteiger charge is 1.99. The molecule has 2 heteroatoms. The minimum atomic E-state index is 1.09. The maximum absolute atomic E-state index is 7.45. The van der Waals surface area contributed by atoms with E-state index in [1.807, 2.05) is 0 Å². The van der Waals surface area contributed by atoms with Crippen LogP contribution in [-0.2, 0) is 0 Å². The molecule has 0 saturated carbocycles. The molecule has 0 amide bonds. The molecule has 0 bridgehead atoms. The first-order chi connectivity index (χ1) is 9.35. The van der Waals surface area contributed by atoms with Crippen molar-refractivity contribution in [2.75, 3.05) is 13.1 Å². The fourth-order valence-electron chi connectivity index (χ4n) is 2.43. The Kier molecular flexibility index (Phi) is 15.1. The predicted octanol–water partition coefficient (Wildman–Crippen LogP) is 5.62. The van der Waals surface area contributed by atoms with Crippen molar-refractivity contribution in [3.05, 3.63) is 0 Å². The fraction of sp³-hybridized carbons (Fsp3) is 0.941. The van der Waals surface area contributed by atoms with Gasteiger partial charge in [0.25, 0.3) is 0 Å². The van der Waals surface area contributed by atoms with Crippen molar-refractivity contribution >= 4 is 6.34 Å². The predicted molar refractivity (Wildman–Crippen MR) is 87.1 cm³/mol. The molecular formula is C17H36N2. The molecule has 0 spiro atoms. The Labute approximate surface area is 121 Å². The Balaban J connectivity index is 3.32. The van der Waals surface area contributed by atoms with Crippen LogP contribution in [0.3, 0.4) is 0 Å². The van der Waals surface area contributed by atoms with E-state index >= 15 is 0 Å². The normalized spacial score (nSPS) is 10.6. The van der Waals surface area contributed by atoms with Crippen LogP contribution in [0.15, 0.2) is 0 Å². The van der Waals surface area contributed by atoms with Crippen LogP contribution in [0.5, 0.6) is 0 Å². The lowest BCUT2D eigenvalue weighted by Crippen LogP contribution is -2.24. The summed E-state index contributed by atoms with van der Waals surface area (Å²) in [5.74, 6) is 0. The molecule has 0 aromatic heterocycles. The Hall–Kier alpha value is -0.530. The van der Waals surface area contributed by atoms with Gasteiger partial charge in [-0.15, -0.1) is 0 Å². The summed E-state index contributed by atoms with van der Waals surface area (Å²) >= 11 is 0. The van der Waals surface area contributed by atoms with E-state index in [9.17, 15) is 0 Å². The lowest BCUT2D eigenvalue weighted by Gasteiger charge is -2.18. The average Bonchev–Trinajstić information content (AvgIpc) is 2.44. The summed E-state index contributed by atoms with van der Waals surface area (Å²) in [5.41, 5.74) is 0. The molecule has 0 fully saturated rings. The first kappa shape index (κ1) is 18.5. The molecule has 0 rings (SSSR count). The highest BCUT2D eigenvalue weighted by Crippen LogP contribution is 2.08. The lowest BCUT2D eigenvalue weighted by molar-refractivity contribution is 0.392. The Morgan fingerprint density at radius 2 is 1.00 bits per heavy atom. The minimum absolute atomic E-state index is 1.09. The SMILES string of the molecule is CCCCCCCCN(C=N)CCCCCCCC. The van der Waals surface area contributed by atoms with Gasteiger partial charge in [-0.05, 0) is 12.8 Å². The van der Waals surface area contributed by atoms with Crippen molar-refractivity contribution in [1.82, 2.24) is 4.90 Å². The molecular weight excluding hydrogens is 232 g/mol. The molecule has 1 N–H and O–H groups in total. The van der Waals surface area contributed by atoms with Gasteiger partial charge in [-0.1, -0.05) is 78.1 Å². The highest BCUT2D eigenvalue weighted by molar-refractivity contribution is 5.50. The van der Waals surface area contributed by atoms with Crippen molar-refractivity contribution in [3.63, 3.8) is 0 Å². The Bertz CT molecular complexity index is 164. The van der Waals surface area contributed by atoms with Crippen LogP contribution < -0.4 is 0 Å². The van der Waals surface area contributed by atoms with Gasteiger partial charge in [-0.2, -0.15) is 0 Å². The van der Waals surface area contributed by atoms with Gasteiger partial charge in [0.05, 0.1) is 6.34 Å². The van der Waals surface area contributed by atoms with Crippen LogP contribution in [0.2, 0.25) is 0 Å². The lowest BCUT2D eigenvalue weighted by atomic mass is 10.1. The first-order valence-corrected chi connectivity index (χ1v) is 8.59. The molecule has 0 heterocycles. The summed E-state index contributed by atoms with van der Waals surface area (Å²) in [5, 5.41) is 7.45. The van der Waals surface area contributed by atoms with Crippen LogP contribution in [0.4, 0.5) is 0 Å². The van der Waals surface area contributed by atoms with E-state index in [0.717, 1.165) is 13.1 Å². The molecule has 0 saturated heterocycles. The van der Waals surface area contributed by atoms with Crippen LogP contribution in [0.25, 0.3) is 0 Å². The van der Waals surface area contributed by atoms with E-state index in [0.29, 0.717) is 0 Å². The van der Waals surface area contributed by atoms with E-state index in [1.165, 1.54) is 83.4 Å². The molecule has 0 radical (unpaired) electrons. The van der Waals surface area contributed by atoms with Crippen molar-refractivity contribution in [2.24, 2.45) is 0 Å². The van der Waals surface area contributed by atoms with Crippen LogP contribution in [-0.4, -0.2) is 24.3 Å². The average molecular weight is 268 g/mol. The molecule has 0 aliphatic carbocycles. The van der Waals surface area contributed by atoms with Gasteiger partial charge in [-0.25, -0.2) is 0 Å². The quantitative estimate of drug-likeness (QED) is 0.233. The maximum atomic E-state index is 7.45. The van der Waals surface area contributed by atoms with E-state index in [-0.39, 0.29) is 0 Å². The van der Waals surface area contributed by atoms with Gasteiger partial charge in [0.2, 0.25) is 0 Å². The molecule has 0 atom stereocenters. The summed E-state index contributed by atoms with van der Waals surface area (Å²) in [6, 6.07) is 0. The number of hydrogen-bond acceptors (Lipinski definition) is 1. The van der Waals surface area contributed by atoms with Crippen molar-refractivity contribution < 1.29 is 0 Å². The zero-order valence-electron chi connectivity index (χ0n) is 13.4.